The summed E-state index contributed by atoms with van der Waals surface area (Å²) in [6.45, 7) is 3.52. The first-order chi connectivity index (χ1) is 9.76. The second kappa shape index (κ2) is 7.78. The van der Waals surface area contributed by atoms with Gasteiger partial charge in [0.05, 0.1) is 0 Å². The third-order valence-electron chi connectivity index (χ3n) is 2.61. The van der Waals surface area contributed by atoms with Crippen molar-refractivity contribution in [1.29, 1.82) is 0 Å². The molecule has 1 atom stereocenters. The lowest BCUT2D eigenvalue weighted by molar-refractivity contribution is -0.138. The van der Waals surface area contributed by atoms with Crippen LogP contribution < -0.4 is 10.6 Å². The number of hydrogen-bond donors (Lipinski definition) is 3. The zero-order valence-corrected chi connectivity index (χ0v) is 13.4. The number of imide groups is 1. The van der Waals surface area contributed by atoms with Crippen molar-refractivity contribution in [3.8, 4) is 0 Å². The van der Waals surface area contributed by atoms with Gasteiger partial charge in [0.25, 0.3) is 0 Å². The van der Waals surface area contributed by atoms with Gasteiger partial charge in [0.15, 0.2) is 0 Å². The van der Waals surface area contributed by atoms with E-state index in [0.717, 1.165) is 10.0 Å². The second-order valence-corrected chi connectivity index (χ2v) is 5.84. The van der Waals surface area contributed by atoms with Gasteiger partial charge in [0.1, 0.15) is 0 Å². The minimum Gasteiger partial charge on any atom is -0.481 e. The fourth-order valence-corrected chi connectivity index (χ4v) is 2.44. The van der Waals surface area contributed by atoms with Crippen molar-refractivity contribution in [1.82, 2.24) is 5.32 Å². The van der Waals surface area contributed by atoms with Crippen LogP contribution in [0.2, 0.25) is 0 Å². The van der Waals surface area contributed by atoms with Gasteiger partial charge in [-0.3, -0.25) is 14.9 Å². The van der Waals surface area contributed by atoms with Gasteiger partial charge in [-0.2, -0.15) is 0 Å². The van der Waals surface area contributed by atoms with Crippen molar-refractivity contribution in [2.75, 3.05) is 5.32 Å². The summed E-state index contributed by atoms with van der Waals surface area (Å²) in [6, 6.07) is 4.73. The van der Waals surface area contributed by atoms with E-state index in [0.29, 0.717) is 5.69 Å². The van der Waals surface area contributed by atoms with Gasteiger partial charge in [0, 0.05) is 23.0 Å². The molecule has 0 spiro atoms. The maximum atomic E-state index is 11.7. The highest BCUT2D eigenvalue weighted by atomic mass is 79.9. The van der Waals surface area contributed by atoms with Gasteiger partial charge in [-0.25, -0.2) is 4.79 Å². The van der Waals surface area contributed by atoms with E-state index in [1.54, 1.807) is 19.1 Å². The first kappa shape index (κ1) is 17.2. The van der Waals surface area contributed by atoms with Crippen LogP contribution in [-0.4, -0.2) is 23.0 Å². The summed E-state index contributed by atoms with van der Waals surface area (Å²) < 4.78 is 0.819. The number of anilines is 1. The van der Waals surface area contributed by atoms with Crippen LogP contribution in [0.15, 0.2) is 22.7 Å². The molecule has 0 aliphatic rings. The Labute approximate surface area is 131 Å². The van der Waals surface area contributed by atoms with E-state index in [9.17, 15) is 14.4 Å². The monoisotopic (exact) mass is 356 g/mol. The predicted molar refractivity (Wildman–Crippen MR) is 82.1 cm³/mol. The second-order valence-electron chi connectivity index (χ2n) is 4.93. The number of amides is 3. The van der Waals surface area contributed by atoms with Crippen LogP contribution in [-0.2, 0) is 9.59 Å². The van der Waals surface area contributed by atoms with Gasteiger partial charge in [0.2, 0.25) is 5.91 Å². The molecule has 114 valence electrons. The van der Waals surface area contributed by atoms with E-state index < -0.39 is 17.9 Å². The highest BCUT2D eigenvalue weighted by molar-refractivity contribution is 9.10. The van der Waals surface area contributed by atoms with Crippen LogP contribution in [0.1, 0.15) is 25.3 Å². The molecule has 0 heterocycles. The largest absolute Gasteiger partial charge is 0.481 e. The Hall–Kier alpha value is -1.89. The van der Waals surface area contributed by atoms with Gasteiger partial charge in [-0.1, -0.05) is 22.9 Å². The molecule has 1 rings (SSSR count). The molecule has 0 bridgehead atoms. The highest BCUT2D eigenvalue weighted by Gasteiger charge is 2.14. The molecule has 21 heavy (non-hydrogen) atoms. The SMILES string of the molecule is Cc1cc(Br)cc(NC(=O)NC(=O)CC(C)CC(=O)O)c1. The zero-order chi connectivity index (χ0) is 16.0. The Kier molecular flexibility index (Phi) is 6.36. The molecular formula is C14H17BrN2O4. The minimum atomic E-state index is -0.968. The average Bonchev–Trinajstić information content (AvgIpc) is 2.24. The molecule has 3 N–H and O–H groups in total. The summed E-state index contributed by atoms with van der Waals surface area (Å²) in [5.41, 5.74) is 1.52. The summed E-state index contributed by atoms with van der Waals surface area (Å²) in [4.78, 5) is 33.8. The molecule has 1 aromatic rings. The molecule has 0 saturated heterocycles. The van der Waals surface area contributed by atoms with Crippen molar-refractivity contribution in [3.63, 3.8) is 0 Å². The summed E-state index contributed by atoms with van der Waals surface area (Å²) >= 11 is 3.32. The quantitative estimate of drug-likeness (QED) is 0.755. The number of halogens is 1. The molecule has 0 saturated carbocycles. The van der Waals surface area contributed by atoms with E-state index in [1.165, 1.54) is 0 Å². The van der Waals surface area contributed by atoms with E-state index in [2.05, 4.69) is 26.6 Å². The van der Waals surface area contributed by atoms with Crippen LogP contribution >= 0.6 is 15.9 Å². The molecule has 1 aromatic carbocycles. The fraction of sp³-hybridized carbons (Fsp3) is 0.357. The number of carbonyl (C=O) groups is 3. The lowest BCUT2D eigenvalue weighted by Gasteiger charge is -2.10. The van der Waals surface area contributed by atoms with Crippen molar-refractivity contribution in [3.05, 3.63) is 28.2 Å². The number of nitrogens with one attached hydrogen (secondary N) is 2. The third-order valence-corrected chi connectivity index (χ3v) is 3.07. The smallest absolute Gasteiger partial charge is 0.325 e. The number of carbonyl (C=O) groups excluding carboxylic acids is 2. The lowest BCUT2D eigenvalue weighted by Crippen LogP contribution is -2.35. The highest BCUT2D eigenvalue weighted by Crippen LogP contribution is 2.18. The number of carboxylic acid groups (broad SMARTS) is 1. The first-order valence-electron chi connectivity index (χ1n) is 6.36. The molecule has 1 unspecified atom stereocenters. The number of carboxylic acids is 1. The minimum absolute atomic E-state index is 0.0166. The number of urea groups is 1. The van der Waals surface area contributed by atoms with Gasteiger partial charge in [-0.15, -0.1) is 0 Å². The standard InChI is InChI=1S/C14H17BrN2O4/c1-8-3-10(15)7-11(4-8)16-14(21)17-12(18)5-9(2)6-13(19)20/h3-4,7,9H,5-6H2,1-2H3,(H,19,20)(H2,16,17,18,21). The third kappa shape index (κ3) is 6.89. The maximum Gasteiger partial charge on any atom is 0.325 e. The average molecular weight is 357 g/mol. The molecule has 0 aromatic heterocycles. The molecule has 0 fully saturated rings. The Morgan fingerprint density at radius 3 is 2.48 bits per heavy atom. The van der Waals surface area contributed by atoms with Crippen molar-refractivity contribution >= 4 is 39.5 Å². The van der Waals surface area contributed by atoms with Crippen molar-refractivity contribution < 1.29 is 19.5 Å². The Morgan fingerprint density at radius 2 is 1.90 bits per heavy atom. The number of aliphatic carboxylic acids is 1. The Balaban J connectivity index is 2.49. The summed E-state index contributed by atoms with van der Waals surface area (Å²) in [6.07, 6.45) is -0.128. The van der Waals surface area contributed by atoms with E-state index in [-0.39, 0.29) is 18.8 Å². The molecule has 0 aliphatic heterocycles. The number of rotatable bonds is 5. The van der Waals surface area contributed by atoms with Gasteiger partial charge >= 0.3 is 12.0 Å². The predicted octanol–water partition coefficient (Wildman–Crippen LogP) is 2.91. The van der Waals surface area contributed by atoms with Crippen LogP contribution in [0.3, 0.4) is 0 Å². The molecule has 0 aliphatic carbocycles. The number of benzene rings is 1. The normalized spacial score (nSPS) is 11.6. The summed E-state index contributed by atoms with van der Waals surface area (Å²) in [7, 11) is 0. The van der Waals surface area contributed by atoms with E-state index in [1.807, 2.05) is 13.0 Å². The van der Waals surface area contributed by atoms with Crippen LogP contribution in [0.5, 0.6) is 0 Å². The maximum absolute atomic E-state index is 11.7. The van der Waals surface area contributed by atoms with Crippen LogP contribution in [0.25, 0.3) is 0 Å². The van der Waals surface area contributed by atoms with Crippen molar-refractivity contribution in [2.45, 2.75) is 26.7 Å². The Bertz CT molecular complexity index is 540. The summed E-state index contributed by atoms with van der Waals surface area (Å²) in [5, 5.41) is 13.3. The molecule has 6 nitrogen and oxygen atoms in total. The van der Waals surface area contributed by atoms with Gasteiger partial charge in [-0.05, 0) is 36.6 Å². The lowest BCUT2D eigenvalue weighted by atomic mass is 10.0. The fourth-order valence-electron chi connectivity index (χ4n) is 1.84. The van der Waals surface area contributed by atoms with Crippen LogP contribution in [0, 0.1) is 12.8 Å². The topological polar surface area (TPSA) is 95.5 Å². The van der Waals surface area contributed by atoms with E-state index >= 15 is 0 Å². The van der Waals surface area contributed by atoms with Crippen LogP contribution in [0.4, 0.5) is 10.5 Å². The molecule has 7 heteroatoms. The summed E-state index contributed by atoms with van der Waals surface area (Å²) in [5.74, 6) is -1.80. The molecular weight excluding hydrogens is 340 g/mol. The Morgan fingerprint density at radius 1 is 1.24 bits per heavy atom. The number of aryl methyl sites for hydroxylation is 1. The molecule has 0 radical (unpaired) electrons. The van der Waals surface area contributed by atoms with E-state index in [4.69, 9.17) is 5.11 Å². The number of hydrogen-bond acceptors (Lipinski definition) is 3. The zero-order valence-electron chi connectivity index (χ0n) is 11.8. The van der Waals surface area contributed by atoms with Crippen molar-refractivity contribution in [2.24, 2.45) is 5.92 Å². The molecule has 3 amide bonds. The van der Waals surface area contributed by atoms with Gasteiger partial charge < -0.3 is 10.4 Å². The first-order valence-corrected chi connectivity index (χ1v) is 7.15.